The van der Waals surface area contributed by atoms with Gasteiger partial charge in [0.15, 0.2) is 5.60 Å². The van der Waals surface area contributed by atoms with Crippen molar-refractivity contribution >= 4 is 29.7 Å². The quantitative estimate of drug-likeness (QED) is 0.619. The molecule has 3 atom stereocenters. The summed E-state index contributed by atoms with van der Waals surface area (Å²) in [5.74, 6) is -0.494. The van der Waals surface area contributed by atoms with Crippen molar-refractivity contribution in [2.45, 2.75) is 38.1 Å². The van der Waals surface area contributed by atoms with E-state index < -0.39 is 35.7 Å². The molecule has 3 amide bonds. The summed E-state index contributed by atoms with van der Waals surface area (Å²) in [6, 6.07) is -1.27. The topological polar surface area (TPSA) is 99.2 Å². The Hall–Kier alpha value is -1.32. The number of amides is 3. The molecule has 1 saturated heterocycles. The van der Waals surface area contributed by atoms with Crippen molar-refractivity contribution in [3.63, 3.8) is 0 Å². The number of aliphatic hydroxyl groups is 1. The predicted molar refractivity (Wildman–Crippen MR) is 86.9 cm³/mol. The SMILES string of the molecule is CCOC(=O)[C@H](CCSC)N[C@H]1N(C)C(=O)N(C)C(=O)[C@]1(C)O. The summed E-state index contributed by atoms with van der Waals surface area (Å²) in [7, 11) is 2.77. The zero-order valence-electron chi connectivity index (χ0n) is 14.2. The first kappa shape index (κ1) is 19.7. The molecule has 23 heavy (non-hydrogen) atoms. The van der Waals surface area contributed by atoms with E-state index in [-0.39, 0.29) is 6.61 Å². The lowest BCUT2D eigenvalue weighted by Crippen LogP contribution is -2.73. The first-order valence-electron chi connectivity index (χ1n) is 7.37. The molecule has 0 unspecified atom stereocenters. The summed E-state index contributed by atoms with van der Waals surface area (Å²) < 4.78 is 5.03. The van der Waals surface area contributed by atoms with Gasteiger partial charge in [-0.05, 0) is 32.3 Å². The second-order valence-electron chi connectivity index (χ2n) is 5.56. The highest BCUT2D eigenvalue weighted by atomic mass is 32.2. The Morgan fingerprint density at radius 2 is 2.09 bits per heavy atom. The molecule has 8 nitrogen and oxygen atoms in total. The molecule has 9 heteroatoms. The van der Waals surface area contributed by atoms with Crippen LogP contribution in [0, 0.1) is 0 Å². The maximum absolute atomic E-state index is 12.2. The molecule has 1 heterocycles. The smallest absolute Gasteiger partial charge is 0.327 e. The number of likely N-dealkylation sites (N-methyl/N-ethyl adjacent to an activating group) is 2. The molecule has 0 bridgehead atoms. The van der Waals surface area contributed by atoms with Gasteiger partial charge in [0.25, 0.3) is 5.91 Å². The highest BCUT2D eigenvalue weighted by Gasteiger charge is 2.52. The van der Waals surface area contributed by atoms with E-state index in [4.69, 9.17) is 4.74 Å². The summed E-state index contributed by atoms with van der Waals surface area (Å²) in [6.45, 7) is 3.26. The maximum atomic E-state index is 12.2. The van der Waals surface area contributed by atoms with E-state index in [2.05, 4.69) is 5.32 Å². The van der Waals surface area contributed by atoms with E-state index >= 15 is 0 Å². The Kier molecular flexibility index (Phi) is 6.84. The van der Waals surface area contributed by atoms with Gasteiger partial charge in [-0.3, -0.25) is 19.8 Å². The number of hydrogen-bond acceptors (Lipinski definition) is 7. The van der Waals surface area contributed by atoms with Crippen LogP contribution < -0.4 is 5.32 Å². The summed E-state index contributed by atoms with van der Waals surface area (Å²) in [4.78, 5) is 38.4. The molecule has 1 rings (SSSR count). The van der Waals surface area contributed by atoms with Crippen molar-refractivity contribution in [1.82, 2.24) is 15.1 Å². The van der Waals surface area contributed by atoms with Crippen molar-refractivity contribution in [1.29, 1.82) is 0 Å². The molecule has 0 saturated carbocycles. The molecule has 2 N–H and O–H groups in total. The maximum Gasteiger partial charge on any atom is 0.327 e. The van der Waals surface area contributed by atoms with E-state index in [1.807, 2.05) is 6.26 Å². The average Bonchev–Trinajstić information content (AvgIpc) is 2.51. The van der Waals surface area contributed by atoms with Gasteiger partial charge in [-0.15, -0.1) is 0 Å². The van der Waals surface area contributed by atoms with Crippen LogP contribution in [0.5, 0.6) is 0 Å². The lowest BCUT2D eigenvalue weighted by molar-refractivity contribution is -0.162. The fraction of sp³-hybridized carbons (Fsp3) is 0.786. The minimum absolute atomic E-state index is 0.230. The summed E-state index contributed by atoms with van der Waals surface area (Å²) >= 11 is 1.56. The molecule has 0 aliphatic carbocycles. The third-order valence-electron chi connectivity index (χ3n) is 3.79. The first-order valence-corrected chi connectivity index (χ1v) is 8.76. The van der Waals surface area contributed by atoms with Crippen LogP contribution in [0.3, 0.4) is 0 Å². The lowest BCUT2D eigenvalue weighted by atomic mass is 9.96. The summed E-state index contributed by atoms with van der Waals surface area (Å²) in [5, 5.41) is 13.5. The molecule has 0 spiro atoms. The van der Waals surface area contributed by atoms with Crippen LogP contribution >= 0.6 is 11.8 Å². The van der Waals surface area contributed by atoms with Gasteiger partial charge < -0.3 is 14.7 Å². The van der Waals surface area contributed by atoms with Crippen LogP contribution in [0.2, 0.25) is 0 Å². The highest BCUT2D eigenvalue weighted by Crippen LogP contribution is 2.24. The number of nitrogens with zero attached hydrogens (tertiary/aromatic N) is 2. The van der Waals surface area contributed by atoms with Gasteiger partial charge in [0.1, 0.15) is 12.2 Å². The number of carbonyl (C=O) groups is 3. The molecular formula is C14H25N3O5S. The van der Waals surface area contributed by atoms with Gasteiger partial charge in [0.05, 0.1) is 6.61 Å². The second kappa shape index (κ2) is 7.98. The van der Waals surface area contributed by atoms with Gasteiger partial charge in [-0.25, -0.2) is 4.79 Å². The zero-order valence-corrected chi connectivity index (χ0v) is 15.0. The fourth-order valence-electron chi connectivity index (χ4n) is 2.48. The molecular weight excluding hydrogens is 322 g/mol. The molecule has 132 valence electrons. The Balaban J connectivity index is 3.01. The van der Waals surface area contributed by atoms with Crippen LogP contribution in [-0.4, -0.2) is 83.3 Å². The number of hydrogen-bond donors (Lipinski definition) is 2. The molecule has 0 aromatic rings. The Morgan fingerprint density at radius 1 is 1.48 bits per heavy atom. The normalized spacial score (nSPS) is 26.4. The van der Waals surface area contributed by atoms with Crippen LogP contribution in [0.4, 0.5) is 4.79 Å². The molecule has 0 aromatic carbocycles. The van der Waals surface area contributed by atoms with Gasteiger partial charge in [-0.1, -0.05) is 0 Å². The number of carbonyl (C=O) groups excluding carboxylic acids is 3. The average molecular weight is 347 g/mol. The van der Waals surface area contributed by atoms with E-state index in [1.165, 1.54) is 25.9 Å². The van der Waals surface area contributed by atoms with Crippen LogP contribution in [-0.2, 0) is 14.3 Å². The van der Waals surface area contributed by atoms with E-state index in [0.29, 0.717) is 12.2 Å². The zero-order chi connectivity index (χ0) is 17.8. The van der Waals surface area contributed by atoms with E-state index in [9.17, 15) is 19.5 Å². The largest absolute Gasteiger partial charge is 0.465 e. The minimum atomic E-state index is -1.85. The summed E-state index contributed by atoms with van der Waals surface area (Å²) in [5.41, 5.74) is -1.85. The van der Waals surface area contributed by atoms with Crippen molar-refractivity contribution < 1.29 is 24.2 Å². The van der Waals surface area contributed by atoms with Gasteiger partial charge in [0, 0.05) is 14.1 Å². The lowest BCUT2D eigenvalue weighted by Gasteiger charge is -2.46. The molecule has 1 fully saturated rings. The number of imide groups is 1. The molecule has 0 radical (unpaired) electrons. The van der Waals surface area contributed by atoms with Crippen LogP contribution in [0.15, 0.2) is 0 Å². The number of rotatable bonds is 7. The number of urea groups is 1. The van der Waals surface area contributed by atoms with Crippen LogP contribution in [0.1, 0.15) is 20.3 Å². The van der Waals surface area contributed by atoms with Gasteiger partial charge >= 0.3 is 12.0 Å². The van der Waals surface area contributed by atoms with Crippen molar-refractivity contribution in [3.05, 3.63) is 0 Å². The number of ether oxygens (including phenoxy) is 1. The van der Waals surface area contributed by atoms with Crippen molar-refractivity contribution in [2.24, 2.45) is 0 Å². The third-order valence-corrected chi connectivity index (χ3v) is 4.43. The third kappa shape index (κ3) is 4.15. The number of nitrogens with one attached hydrogen (secondary N) is 1. The van der Waals surface area contributed by atoms with E-state index in [0.717, 1.165) is 4.90 Å². The molecule has 1 aliphatic rings. The van der Waals surface area contributed by atoms with Gasteiger partial charge in [-0.2, -0.15) is 11.8 Å². The fourth-order valence-corrected chi connectivity index (χ4v) is 2.95. The highest BCUT2D eigenvalue weighted by molar-refractivity contribution is 7.98. The Morgan fingerprint density at radius 3 is 2.61 bits per heavy atom. The monoisotopic (exact) mass is 347 g/mol. The molecule has 0 aromatic heterocycles. The van der Waals surface area contributed by atoms with E-state index in [1.54, 1.807) is 18.7 Å². The number of thioether (sulfide) groups is 1. The predicted octanol–water partition coefficient (Wildman–Crippen LogP) is -0.138. The van der Waals surface area contributed by atoms with Crippen molar-refractivity contribution in [2.75, 3.05) is 32.7 Å². The van der Waals surface area contributed by atoms with Gasteiger partial charge in [0.2, 0.25) is 0 Å². The standard InChI is InChI=1S/C14H25N3O5S/c1-6-22-10(18)9(7-8-23-5)15-11-14(2,21)12(19)17(4)13(20)16(11)3/h9,11,15,21H,6-8H2,1-5H3/t9-,11-,14+/m0/s1. The minimum Gasteiger partial charge on any atom is -0.465 e. The Bertz CT molecular complexity index is 471. The Labute approximate surface area is 140 Å². The van der Waals surface area contributed by atoms with Crippen LogP contribution in [0.25, 0.3) is 0 Å². The molecule has 1 aliphatic heterocycles. The van der Waals surface area contributed by atoms with Crippen molar-refractivity contribution in [3.8, 4) is 0 Å². The first-order chi connectivity index (χ1) is 10.7. The summed E-state index contributed by atoms with van der Waals surface area (Å²) in [6.07, 6.45) is 1.35. The number of esters is 1. The second-order valence-corrected chi connectivity index (χ2v) is 6.55.